The SMILES string of the molecule is C=CC[Si](CC=C)(c1ccccc1)c1ccccc1. The first-order valence-electron chi connectivity index (χ1n) is 6.66. The molecule has 0 amide bonds. The van der Waals surface area contributed by atoms with Gasteiger partial charge in [0.25, 0.3) is 0 Å². The Morgan fingerprint density at radius 3 is 1.37 bits per heavy atom. The number of rotatable bonds is 6. The van der Waals surface area contributed by atoms with Crippen LogP contribution < -0.4 is 10.4 Å². The molecule has 96 valence electrons. The van der Waals surface area contributed by atoms with E-state index < -0.39 is 8.07 Å². The van der Waals surface area contributed by atoms with Crippen LogP contribution in [0.1, 0.15) is 0 Å². The molecular weight excluding hydrogens is 244 g/mol. The van der Waals surface area contributed by atoms with Crippen LogP contribution in [0.2, 0.25) is 12.1 Å². The van der Waals surface area contributed by atoms with Crippen LogP contribution in [0, 0.1) is 0 Å². The van der Waals surface area contributed by atoms with Crippen molar-refractivity contribution in [3.8, 4) is 0 Å². The first kappa shape index (κ1) is 13.6. The number of hydrogen-bond donors (Lipinski definition) is 0. The highest BCUT2D eigenvalue weighted by Gasteiger charge is 2.34. The molecule has 0 nitrogen and oxygen atoms in total. The molecule has 0 heterocycles. The Labute approximate surface area is 117 Å². The van der Waals surface area contributed by atoms with Crippen molar-refractivity contribution in [2.45, 2.75) is 12.1 Å². The summed E-state index contributed by atoms with van der Waals surface area (Å²) in [6, 6.07) is 23.8. The van der Waals surface area contributed by atoms with Gasteiger partial charge in [0.05, 0.1) is 0 Å². The molecule has 0 aromatic heterocycles. The van der Waals surface area contributed by atoms with Gasteiger partial charge in [-0.3, -0.25) is 0 Å². The predicted molar refractivity (Wildman–Crippen MR) is 87.9 cm³/mol. The van der Waals surface area contributed by atoms with Gasteiger partial charge < -0.3 is 0 Å². The maximum absolute atomic E-state index is 3.98. The average Bonchev–Trinajstić information content (AvgIpc) is 2.49. The molecule has 0 atom stereocenters. The maximum atomic E-state index is 3.98. The lowest BCUT2D eigenvalue weighted by atomic mass is 10.4. The van der Waals surface area contributed by atoms with Crippen LogP contribution in [-0.4, -0.2) is 8.07 Å². The average molecular weight is 264 g/mol. The van der Waals surface area contributed by atoms with Crippen molar-refractivity contribution < 1.29 is 0 Å². The van der Waals surface area contributed by atoms with E-state index in [2.05, 4.69) is 86.0 Å². The molecule has 0 radical (unpaired) electrons. The Kier molecular flexibility index (Phi) is 4.53. The van der Waals surface area contributed by atoms with Crippen molar-refractivity contribution in [1.29, 1.82) is 0 Å². The summed E-state index contributed by atoms with van der Waals surface area (Å²) in [5.74, 6) is 0. The van der Waals surface area contributed by atoms with Crippen LogP contribution in [0.3, 0.4) is 0 Å². The second-order valence-electron chi connectivity index (χ2n) is 4.80. The molecule has 0 spiro atoms. The quantitative estimate of drug-likeness (QED) is 0.552. The van der Waals surface area contributed by atoms with E-state index in [0.29, 0.717) is 0 Å². The zero-order chi connectivity index (χ0) is 13.6. The van der Waals surface area contributed by atoms with E-state index in [0.717, 1.165) is 12.1 Å². The molecule has 0 N–H and O–H groups in total. The molecule has 0 unspecified atom stereocenters. The number of benzene rings is 2. The predicted octanol–water partition coefficient (Wildman–Crippen LogP) is 3.62. The van der Waals surface area contributed by atoms with E-state index in [1.54, 1.807) is 0 Å². The molecule has 2 aromatic rings. The lowest BCUT2D eigenvalue weighted by Gasteiger charge is -2.31. The van der Waals surface area contributed by atoms with Gasteiger partial charge in [-0.05, 0) is 12.1 Å². The van der Waals surface area contributed by atoms with Gasteiger partial charge >= 0.3 is 0 Å². The minimum atomic E-state index is -1.78. The van der Waals surface area contributed by atoms with Crippen molar-refractivity contribution in [2.75, 3.05) is 0 Å². The summed E-state index contributed by atoms with van der Waals surface area (Å²) in [7, 11) is -1.78. The highest BCUT2D eigenvalue weighted by molar-refractivity contribution is 7.02. The molecule has 2 rings (SSSR count). The third-order valence-corrected chi connectivity index (χ3v) is 8.49. The standard InChI is InChI=1S/C18H20Si/c1-3-15-19(16-4-2,17-11-7-5-8-12-17)18-13-9-6-10-14-18/h3-14H,1-2,15-16H2. The van der Waals surface area contributed by atoms with Crippen LogP contribution in [-0.2, 0) is 0 Å². The van der Waals surface area contributed by atoms with Gasteiger partial charge in [0.2, 0.25) is 0 Å². The minimum Gasteiger partial charge on any atom is -0.103 e. The van der Waals surface area contributed by atoms with E-state index in [4.69, 9.17) is 0 Å². The molecular formula is C18H20Si. The molecule has 0 aliphatic heterocycles. The topological polar surface area (TPSA) is 0 Å². The van der Waals surface area contributed by atoms with E-state index in [9.17, 15) is 0 Å². The third kappa shape index (κ3) is 2.77. The van der Waals surface area contributed by atoms with Gasteiger partial charge in [-0.25, -0.2) is 0 Å². The summed E-state index contributed by atoms with van der Waals surface area (Å²) < 4.78 is 0. The molecule has 0 bridgehead atoms. The molecule has 0 aliphatic carbocycles. The fraction of sp³-hybridized carbons (Fsp3) is 0.111. The van der Waals surface area contributed by atoms with Crippen molar-refractivity contribution >= 4 is 18.4 Å². The lowest BCUT2D eigenvalue weighted by molar-refractivity contribution is 1.47. The first-order valence-corrected chi connectivity index (χ1v) is 9.08. The summed E-state index contributed by atoms with van der Waals surface area (Å²) in [5, 5.41) is 2.92. The van der Waals surface area contributed by atoms with E-state index in [1.807, 2.05) is 0 Å². The fourth-order valence-corrected chi connectivity index (χ4v) is 6.82. The second-order valence-corrected chi connectivity index (χ2v) is 8.94. The van der Waals surface area contributed by atoms with Crippen molar-refractivity contribution in [2.24, 2.45) is 0 Å². The number of hydrogen-bond acceptors (Lipinski definition) is 0. The van der Waals surface area contributed by atoms with E-state index in [1.165, 1.54) is 10.4 Å². The monoisotopic (exact) mass is 264 g/mol. The van der Waals surface area contributed by atoms with Crippen molar-refractivity contribution in [1.82, 2.24) is 0 Å². The molecule has 19 heavy (non-hydrogen) atoms. The Morgan fingerprint density at radius 1 is 0.684 bits per heavy atom. The lowest BCUT2D eigenvalue weighted by Crippen LogP contribution is -2.57. The van der Waals surface area contributed by atoms with Gasteiger partial charge in [-0.15, -0.1) is 13.2 Å². The Balaban J connectivity index is 2.60. The van der Waals surface area contributed by atoms with Crippen LogP contribution in [0.5, 0.6) is 0 Å². The molecule has 0 fully saturated rings. The third-order valence-electron chi connectivity index (χ3n) is 3.64. The number of allylic oxidation sites excluding steroid dienone is 2. The maximum Gasteiger partial charge on any atom is 0.125 e. The summed E-state index contributed by atoms with van der Waals surface area (Å²) in [6.45, 7) is 7.96. The van der Waals surface area contributed by atoms with Gasteiger partial charge in [-0.1, -0.05) is 83.2 Å². The highest BCUT2D eigenvalue weighted by atomic mass is 28.3. The molecule has 0 aliphatic rings. The highest BCUT2D eigenvalue weighted by Crippen LogP contribution is 2.17. The Bertz CT molecular complexity index is 477. The van der Waals surface area contributed by atoms with Gasteiger partial charge in [0.1, 0.15) is 8.07 Å². The van der Waals surface area contributed by atoms with Crippen molar-refractivity contribution in [3.63, 3.8) is 0 Å². The smallest absolute Gasteiger partial charge is 0.103 e. The zero-order valence-electron chi connectivity index (χ0n) is 11.3. The summed E-state index contributed by atoms with van der Waals surface area (Å²) in [4.78, 5) is 0. The normalized spacial score (nSPS) is 10.9. The Morgan fingerprint density at radius 2 is 1.05 bits per heavy atom. The van der Waals surface area contributed by atoms with Crippen LogP contribution in [0.15, 0.2) is 86.0 Å². The summed E-state index contributed by atoms with van der Waals surface area (Å²) in [6.07, 6.45) is 4.13. The van der Waals surface area contributed by atoms with E-state index >= 15 is 0 Å². The van der Waals surface area contributed by atoms with Crippen LogP contribution in [0.4, 0.5) is 0 Å². The minimum absolute atomic E-state index is 1.05. The first-order chi connectivity index (χ1) is 9.33. The second kappa shape index (κ2) is 6.35. The molecule has 0 saturated carbocycles. The summed E-state index contributed by atoms with van der Waals surface area (Å²) >= 11 is 0. The van der Waals surface area contributed by atoms with Gasteiger partial charge in [-0.2, -0.15) is 0 Å². The molecule has 0 saturated heterocycles. The van der Waals surface area contributed by atoms with E-state index in [-0.39, 0.29) is 0 Å². The van der Waals surface area contributed by atoms with Crippen LogP contribution >= 0.6 is 0 Å². The van der Waals surface area contributed by atoms with Crippen molar-refractivity contribution in [3.05, 3.63) is 86.0 Å². The zero-order valence-corrected chi connectivity index (χ0v) is 12.3. The van der Waals surface area contributed by atoms with Crippen LogP contribution in [0.25, 0.3) is 0 Å². The fourth-order valence-electron chi connectivity index (χ4n) is 2.73. The Hall–Kier alpha value is -1.86. The largest absolute Gasteiger partial charge is 0.125 e. The summed E-state index contributed by atoms with van der Waals surface area (Å²) in [5.41, 5.74) is 0. The molecule has 1 heteroatoms. The molecule has 2 aromatic carbocycles. The van der Waals surface area contributed by atoms with Gasteiger partial charge in [0, 0.05) is 0 Å². The van der Waals surface area contributed by atoms with Gasteiger partial charge in [0.15, 0.2) is 0 Å².